The molecule has 30 heavy (non-hydrogen) atoms. The molecule has 156 valence electrons. The predicted molar refractivity (Wildman–Crippen MR) is 116 cm³/mol. The number of benzene rings is 2. The number of aldehydes is 1. The van der Waals surface area contributed by atoms with Crippen LogP contribution in [0.15, 0.2) is 54.4 Å². The minimum atomic E-state index is 0.386. The van der Waals surface area contributed by atoms with Gasteiger partial charge in [-0.05, 0) is 64.1 Å². The fourth-order valence-electron chi connectivity index (χ4n) is 2.89. The van der Waals surface area contributed by atoms with Crippen molar-refractivity contribution in [3.8, 4) is 28.7 Å². The van der Waals surface area contributed by atoms with Gasteiger partial charge in [-0.15, -0.1) is 0 Å². The van der Waals surface area contributed by atoms with Gasteiger partial charge in [-0.25, -0.2) is 0 Å². The van der Waals surface area contributed by atoms with Crippen molar-refractivity contribution in [1.29, 1.82) is 0 Å². The molecule has 1 aromatic heterocycles. The zero-order valence-electron chi connectivity index (χ0n) is 17.6. The maximum atomic E-state index is 11.6. The van der Waals surface area contributed by atoms with E-state index in [1.807, 2.05) is 45.9 Å². The van der Waals surface area contributed by atoms with Crippen LogP contribution in [0.25, 0.3) is 10.9 Å². The fraction of sp³-hybridized carbons (Fsp3) is 0.250. The summed E-state index contributed by atoms with van der Waals surface area (Å²) in [6.45, 7) is 8.58. The van der Waals surface area contributed by atoms with Crippen LogP contribution in [0.1, 0.15) is 38.1 Å². The van der Waals surface area contributed by atoms with Gasteiger partial charge in [0.1, 0.15) is 17.2 Å². The highest BCUT2D eigenvalue weighted by atomic mass is 16.5. The Morgan fingerprint density at radius 2 is 1.70 bits per heavy atom. The lowest BCUT2D eigenvalue weighted by Crippen LogP contribution is -1.99. The highest BCUT2D eigenvalue weighted by Gasteiger charge is 2.14. The van der Waals surface area contributed by atoms with E-state index in [0.717, 1.165) is 17.4 Å². The van der Waals surface area contributed by atoms with E-state index in [4.69, 9.17) is 18.9 Å². The Balaban J connectivity index is 2.01. The molecule has 0 aliphatic heterocycles. The molecule has 3 rings (SSSR count). The van der Waals surface area contributed by atoms with Gasteiger partial charge in [0.05, 0.1) is 30.1 Å². The van der Waals surface area contributed by atoms with Crippen molar-refractivity contribution >= 4 is 17.2 Å². The van der Waals surface area contributed by atoms with Crippen molar-refractivity contribution in [2.24, 2.45) is 0 Å². The van der Waals surface area contributed by atoms with Crippen LogP contribution in [0.5, 0.6) is 28.7 Å². The second kappa shape index (κ2) is 9.78. The van der Waals surface area contributed by atoms with E-state index >= 15 is 0 Å². The minimum absolute atomic E-state index is 0.386. The minimum Gasteiger partial charge on any atom is -0.490 e. The Hall–Kier alpha value is -3.54. The number of carbonyl (C=O) groups excluding carboxylic acids is 1. The third-order valence-electron chi connectivity index (χ3n) is 4.38. The molecule has 0 bridgehead atoms. The van der Waals surface area contributed by atoms with Crippen LogP contribution >= 0.6 is 0 Å². The fourth-order valence-corrected chi connectivity index (χ4v) is 2.89. The van der Waals surface area contributed by atoms with Gasteiger partial charge in [0.25, 0.3) is 0 Å². The molecule has 6 nitrogen and oxygen atoms in total. The Labute approximate surface area is 176 Å². The van der Waals surface area contributed by atoms with Crippen LogP contribution in [-0.4, -0.2) is 24.5 Å². The van der Waals surface area contributed by atoms with Crippen LogP contribution in [0.4, 0.5) is 0 Å². The van der Waals surface area contributed by atoms with Crippen molar-refractivity contribution in [3.63, 3.8) is 0 Å². The SMILES string of the molecule is C/C=C(\C)Oc1ccc(Oc2ccnc3cc(OCC)c(OCC)cc23)c(C=O)c1. The van der Waals surface area contributed by atoms with Crippen LogP contribution < -0.4 is 18.9 Å². The molecule has 0 aliphatic rings. The third kappa shape index (κ3) is 4.71. The molecule has 2 aromatic carbocycles. The quantitative estimate of drug-likeness (QED) is 0.323. The molecule has 1 heterocycles. The van der Waals surface area contributed by atoms with E-state index in [-0.39, 0.29) is 0 Å². The number of allylic oxidation sites excluding steroid dienone is 2. The molecule has 0 radical (unpaired) electrons. The van der Waals surface area contributed by atoms with Crippen LogP contribution in [0.2, 0.25) is 0 Å². The third-order valence-corrected chi connectivity index (χ3v) is 4.38. The number of nitrogens with zero attached hydrogens (tertiary/aromatic N) is 1. The van der Waals surface area contributed by atoms with E-state index in [1.54, 1.807) is 30.5 Å². The van der Waals surface area contributed by atoms with Crippen molar-refractivity contribution in [2.75, 3.05) is 13.2 Å². The van der Waals surface area contributed by atoms with Crippen LogP contribution in [0.3, 0.4) is 0 Å². The average Bonchev–Trinajstić information content (AvgIpc) is 2.75. The molecule has 0 unspecified atom stereocenters. The second-order valence-electron chi connectivity index (χ2n) is 6.41. The van der Waals surface area contributed by atoms with Gasteiger partial charge in [-0.3, -0.25) is 9.78 Å². The highest BCUT2D eigenvalue weighted by molar-refractivity contribution is 5.89. The Morgan fingerprint density at radius 3 is 2.37 bits per heavy atom. The monoisotopic (exact) mass is 407 g/mol. The van der Waals surface area contributed by atoms with E-state index in [9.17, 15) is 4.79 Å². The van der Waals surface area contributed by atoms with Gasteiger partial charge in [0.2, 0.25) is 0 Å². The first-order chi connectivity index (χ1) is 14.6. The number of hydrogen-bond donors (Lipinski definition) is 0. The molecular weight excluding hydrogens is 382 g/mol. The van der Waals surface area contributed by atoms with Gasteiger partial charge in [0, 0.05) is 17.6 Å². The van der Waals surface area contributed by atoms with Gasteiger partial charge in [0.15, 0.2) is 17.8 Å². The summed E-state index contributed by atoms with van der Waals surface area (Å²) in [5.74, 6) is 3.55. The van der Waals surface area contributed by atoms with E-state index < -0.39 is 0 Å². The second-order valence-corrected chi connectivity index (χ2v) is 6.41. The van der Waals surface area contributed by atoms with E-state index in [0.29, 0.717) is 53.0 Å². The maximum absolute atomic E-state index is 11.6. The lowest BCUT2D eigenvalue weighted by molar-refractivity contribution is 0.112. The van der Waals surface area contributed by atoms with Gasteiger partial charge >= 0.3 is 0 Å². The summed E-state index contributed by atoms with van der Waals surface area (Å²) in [7, 11) is 0. The summed E-state index contributed by atoms with van der Waals surface area (Å²) in [5, 5.41) is 0.756. The van der Waals surface area contributed by atoms with Gasteiger partial charge in [-0.2, -0.15) is 0 Å². The summed E-state index contributed by atoms with van der Waals surface area (Å²) in [6.07, 6.45) is 4.25. The molecule has 0 N–H and O–H groups in total. The van der Waals surface area contributed by atoms with Crippen LogP contribution in [-0.2, 0) is 0 Å². The number of fused-ring (bicyclic) bond motifs is 1. The highest BCUT2D eigenvalue weighted by Crippen LogP contribution is 2.38. The summed E-state index contributed by atoms with van der Waals surface area (Å²) in [6, 6.07) is 10.6. The van der Waals surface area contributed by atoms with E-state index in [1.165, 1.54) is 0 Å². The zero-order valence-corrected chi connectivity index (χ0v) is 17.6. The predicted octanol–water partition coefficient (Wildman–Crippen LogP) is 5.94. The Kier molecular flexibility index (Phi) is 6.91. The number of carbonyl (C=O) groups is 1. The zero-order chi connectivity index (χ0) is 21.5. The number of ether oxygens (including phenoxy) is 4. The molecule has 0 saturated heterocycles. The molecule has 0 fully saturated rings. The number of pyridine rings is 1. The lowest BCUT2D eigenvalue weighted by Gasteiger charge is -2.15. The molecule has 0 spiro atoms. The van der Waals surface area contributed by atoms with Gasteiger partial charge < -0.3 is 18.9 Å². The first-order valence-corrected chi connectivity index (χ1v) is 9.85. The van der Waals surface area contributed by atoms with Crippen molar-refractivity contribution in [2.45, 2.75) is 27.7 Å². The molecule has 0 saturated carbocycles. The van der Waals surface area contributed by atoms with E-state index in [2.05, 4.69) is 4.98 Å². The normalized spacial score (nSPS) is 11.3. The van der Waals surface area contributed by atoms with Crippen molar-refractivity contribution in [1.82, 2.24) is 4.98 Å². The Morgan fingerprint density at radius 1 is 0.967 bits per heavy atom. The lowest BCUT2D eigenvalue weighted by atomic mass is 10.1. The standard InChI is InChI=1S/C24H25NO5/c1-5-16(4)29-18-8-9-21(17(12-18)15-26)30-22-10-11-25-20-14-24(28-7-3)23(27-6-2)13-19(20)22/h5,8-15H,6-7H2,1-4H3/b16-5+. The smallest absolute Gasteiger partial charge is 0.163 e. The molecule has 6 heteroatoms. The molecule has 0 amide bonds. The summed E-state index contributed by atoms with van der Waals surface area (Å²) in [4.78, 5) is 16.1. The van der Waals surface area contributed by atoms with Crippen molar-refractivity contribution < 1.29 is 23.7 Å². The average molecular weight is 407 g/mol. The molecule has 3 aromatic rings. The first-order valence-electron chi connectivity index (χ1n) is 9.85. The summed E-state index contributed by atoms with van der Waals surface area (Å²) >= 11 is 0. The molecular formula is C24H25NO5. The maximum Gasteiger partial charge on any atom is 0.163 e. The summed E-state index contributed by atoms with van der Waals surface area (Å²) in [5.41, 5.74) is 1.09. The number of hydrogen-bond acceptors (Lipinski definition) is 6. The number of rotatable bonds is 9. The molecule has 0 aliphatic carbocycles. The van der Waals surface area contributed by atoms with Crippen LogP contribution in [0, 0.1) is 0 Å². The Bertz CT molecular complexity index is 1070. The number of aromatic nitrogens is 1. The summed E-state index contributed by atoms with van der Waals surface area (Å²) < 4.78 is 23.2. The first kappa shape index (κ1) is 21.2. The molecule has 0 atom stereocenters. The van der Waals surface area contributed by atoms with Crippen molar-refractivity contribution in [3.05, 3.63) is 60.0 Å². The largest absolute Gasteiger partial charge is 0.490 e. The topological polar surface area (TPSA) is 66.9 Å². The van der Waals surface area contributed by atoms with Gasteiger partial charge in [-0.1, -0.05) is 0 Å².